The molecule has 0 fully saturated rings. The molecule has 0 bridgehead atoms. The van der Waals surface area contributed by atoms with Gasteiger partial charge in [-0.2, -0.15) is 5.10 Å². The molecule has 1 heterocycles. The van der Waals surface area contributed by atoms with Gasteiger partial charge >= 0.3 is 0 Å². The highest BCUT2D eigenvalue weighted by molar-refractivity contribution is 5.24. The van der Waals surface area contributed by atoms with Crippen LogP contribution in [-0.2, 0) is 18.2 Å². The average molecular weight is 237 g/mol. The maximum Gasteiger partial charge on any atom is 0.0540 e. The molecular formula is C13H23N3O. The summed E-state index contributed by atoms with van der Waals surface area (Å²) in [7, 11) is 3.80. The first-order valence-electron chi connectivity index (χ1n) is 6.45. The van der Waals surface area contributed by atoms with E-state index in [2.05, 4.69) is 17.3 Å². The highest BCUT2D eigenvalue weighted by Gasteiger charge is 2.23. The number of methoxy groups -OCH3 is 1. The summed E-state index contributed by atoms with van der Waals surface area (Å²) in [5.74, 6) is 0.557. The van der Waals surface area contributed by atoms with Crippen LogP contribution in [-0.4, -0.2) is 30.0 Å². The van der Waals surface area contributed by atoms with Crippen molar-refractivity contribution in [2.45, 2.75) is 32.2 Å². The van der Waals surface area contributed by atoms with Crippen LogP contribution >= 0.6 is 0 Å². The summed E-state index contributed by atoms with van der Waals surface area (Å²) in [6.45, 7) is 4.04. The smallest absolute Gasteiger partial charge is 0.0540 e. The van der Waals surface area contributed by atoms with Crippen LogP contribution < -0.4 is 5.32 Å². The van der Waals surface area contributed by atoms with Crippen molar-refractivity contribution in [1.82, 2.24) is 15.1 Å². The predicted molar refractivity (Wildman–Crippen MR) is 67.9 cm³/mol. The van der Waals surface area contributed by atoms with E-state index in [1.165, 1.54) is 24.1 Å². The van der Waals surface area contributed by atoms with Crippen molar-refractivity contribution in [2.24, 2.45) is 13.0 Å². The summed E-state index contributed by atoms with van der Waals surface area (Å²) >= 11 is 0. The van der Waals surface area contributed by atoms with Crippen LogP contribution in [0.3, 0.4) is 0 Å². The number of fused-ring (bicyclic) bond motifs is 1. The van der Waals surface area contributed by atoms with Crippen LogP contribution in [0, 0.1) is 5.92 Å². The van der Waals surface area contributed by atoms with Gasteiger partial charge in [0, 0.05) is 44.6 Å². The molecule has 1 aliphatic rings. The Morgan fingerprint density at radius 1 is 1.65 bits per heavy atom. The molecule has 0 saturated carbocycles. The zero-order valence-corrected chi connectivity index (χ0v) is 11.1. The Morgan fingerprint density at radius 2 is 2.47 bits per heavy atom. The minimum Gasteiger partial charge on any atom is -0.384 e. The molecule has 2 atom stereocenters. The van der Waals surface area contributed by atoms with E-state index in [1.807, 2.05) is 17.9 Å². The average Bonchev–Trinajstić information content (AvgIpc) is 2.70. The Balaban J connectivity index is 1.94. The third-order valence-electron chi connectivity index (χ3n) is 3.54. The van der Waals surface area contributed by atoms with Gasteiger partial charge in [0.05, 0.1) is 6.20 Å². The van der Waals surface area contributed by atoms with E-state index < -0.39 is 0 Å². The van der Waals surface area contributed by atoms with E-state index in [1.54, 1.807) is 7.11 Å². The van der Waals surface area contributed by atoms with Gasteiger partial charge in [-0.3, -0.25) is 4.68 Å². The van der Waals surface area contributed by atoms with Gasteiger partial charge < -0.3 is 10.1 Å². The Bertz CT molecular complexity index is 362. The summed E-state index contributed by atoms with van der Waals surface area (Å²) in [4.78, 5) is 0. The second-order valence-corrected chi connectivity index (χ2v) is 5.08. The molecule has 17 heavy (non-hydrogen) atoms. The first-order chi connectivity index (χ1) is 8.22. The van der Waals surface area contributed by atoms with Gasteiger partial charge in [0.1, 0.15) is 0 Å². The number of hydrogen-bond acceptors (Lipinski definition) is 3. The molecule has 1 aliphatic carbocycles. The van der Waals surface area contributed by atoms with Gasteiger partial charge in [-0.15, -0.1) is 0 Å². The number of hydrogen-bond donors (Lipinski definition) is 1. The maximum absolute atomic E-state index is 5.16. The Kier molecular flexibility index (Phi) is 4.18. The largest absolute Gasteiger partial charge is 0.384 e. The lowest BCUT2D eigenvalue weighted by Crippen LogP contribution is -2.30. The Morgan fingerprint density at radius 3 is 3.24 bits per heavy atom. The van der Waals surface area contributed by atoms with Crippen molar-refractivity contribution in [1.29, 1.82) is 0 Å². The summed E-state index contributed by atoms with van der Waals surface area (Å²) in [5, 5.41) is 8.01. The number of aromatic nitrogens is 2. The van der Waals surface area contributed by atoms with Crippen molar-refractivity contribution in [2.75, 3.05) is 20.3 Å². The Hall–Kier alpha value is -0.870. The molecule has 0 aromatic carbocycles. The van der Waals surface area contributed by atoms with Crippen molar-refractivity contribution in [3.05, 3.63) is 17.5 Å². The fourth-order valence-electron chi connectivity index (χ4n) is 2.61. The van der Waals surface area contributed by atoms with Crippen molar-refractivity contribution in [3.63, 3.8) is 0 Å². The van der Waals surface area contributed by atoms with Gasteiger partial charge in [-0.1, -0.05) is 6.92 Å². The highest BCUT2D eigenvalue weighted by atomic mass is 16.5. The molecule has 2 rings (SSSR count). The van der Waals surface area contributed by atoms with Gasteiger partial charge in [0.15, 0.2) is 0 Å². The lowest BCUT2D eigenvalue weighted by Gasteiger charge is -2.25. The maximum atomic E-state index is 5.16. The van der Waals surface area contributed by atoms with E-state index in [0.29, 0.717) is 12.0 Å². The van der Waals surface area contributed by atoms with Gasteiger partial charge in [0.25, 0.3) is 0 Å². The molecule has 0 spiro atoms. The summed E-state index contributed by atoms with van der Waals surface area (Å²) < 4.78 is 7.18. The van der Waals surface area contributed by atoms with Crippen LogP contribution in [0.25, 0.3) is 0 Å². The molecular weight excluding hydrogens is 214 g/mol. The molecule has 1 N–H and O–H groups in total. The van der Waals surface area contributed by atoms with E-state index in [0.717, 1.165) is 19.6 Å². The van der Waals surface area contributed by atoms with Crippen molar-refractivity contribution < 1.29 is 4.74 Å². The molecule has 4 nitrogen and oxygen atoms in total. The number of rotatable bonds is 5. The number of ether oxygens (including phenoxy) is 1. The number of nitrogens with one attached hydrogen (secondary N) is 1. The van der Waals surface area contributed by atoms with Crippen molar-refractivity contribution >= 4 is 0 Å². The molecule has 0 aliphatic heterocycles. The fourth-order valence-corrected chi connectivity index (χ4v) is 2.61. The summed E-state index contributed by atoms with van der Waals surface area (Å²) in [6.07, 6.45) is 5.66. The standard InChI is InChI=1S/C13H23N3O/c1-10(9-17-3)7-14-12-5-4-6-13-11(12)8-15-16(13)2/h8,10,12,14H,4-7,9H2,1-3H3. The van der Waals surface area contributed by atoms with Gasteiger partial charge in [-0.05, 0) is 25.2 Å². The van der Waals surface area contributed by atoms with Crippen molar-refractivity contribution in [3.8, 4) is 0 Å². The molecule has 1 aromatic heterocycles. The minimum absolute atomic E-state index is 0.478. The van der Waals surface area contributed by atoms with E-state index >= 15 is 0 Å². The quantitative estimate of drug-likeness (QED) is 0.846. The highest BCUT2D eigenvalue weighted by Crippen LogP contribution is 2.29. The van der Waals surface area contributed by atoms with Crippen LogP contribution in [0.1, 0.15) is 37.1 Å². The zero-order chi connectivity index (χ0) is 12.3. The van der Waals surface area contributed by atoms with Crippen LogP contribution in [0.4, 0.5) is 0 Å². The molecule has 2 unspecified atom stereocenters. The van der Waals surface area contributed by atoms with Gasteiger partial charge in [0.2, 0.25) is 0 Å². The SMILES string of the molecule is COCC(C)CNC1CCCc2c1cnn2C. The monoisotopic (exact) mass is 237 g/mol. The van der Waals surface area contributed by atoms with Gasteiger partial charge in [-0.25, -0.2) is 0 Å². The van der Waals surface area contributed by atoms with Crippen LogP contribution in [0.2, 0.25) is 0 Å². The first-order valence-corrected chi connectivity index (χ1v) is 6.45. The zero-order valence-electron chi connectivity index (χ0n) is 11.1. The summed E-state index contributed by atoms with van der Waals surface area (Å²) in [5.41, 5.74) is 2.79. The predicted octanol–water partition coefficient (Wildman–Crippen LogP) is 1.67. The number of nitrogens with zero attached hydrogens (tertiary/aromatic N) is 2. The van der Waals surface area contributed by atoms with Crippen LogP contribution in [0.15, 0.2) is 6.20 Å². The minimum atomic E-state index is 0.478. The van der Waals surface area contributed by atoms with Crippen LogP contribution in [0.5, 0.6) is 0 Å². The second kappa shape index (κ2) is 5.65. The third kappa shape index (κ3) is 2.87. The molecule has 96 valence electrons. The summed E-state index contributed by atoms with van der Waals surface area (Å²) in [6, 6.07) is 0.478. The first kappa shape index (κ1) is 12.6. The Labute approximate surface area is 103 Å². The lowest BCUT2D eigenvalue weighted by atomic mass is 9.92. The van der Waals surface area contributed by atoms with E-state index in [9.17, 15) is 0 Å². The molecule has 0 radical (unpaired) electrons. The second-order valence-electron chi connectivity index (χ2n) is 5.08. The normalized spacial score (nSPS) is 21.2. The third-order valence-corrected chi connectivity index (χ3v) is 3.54. The fraction of sp³-hybridized carbons (Fsp3) is 0.769. The number of aryl methyl sites for hydroxylation is 1. The molecule has 0 amide bonds. The molecule has 4 heteroatoms. The molecule has 1 aromatic rings. The lowest BCUT2D eigenvalue weighted by molar-refractivity contribution is 0.156. The topological polar surface area (TPSA) is 39.1 Å². The van der Waals surface area contributed by atoms with E-state index in [4.69, 9.17) is 4.74 Å². The van der Waals surface area contributed by atoms with E-state index in [-0.39, 0.29) is 0 Å². The molecule has 0 saturated heterocycles.